The van der Waals surface area contributed by atoms with Crippen molar-refractivity contribution in [2.75, 3.05) is 4.90 Å². The van der Waals surface area contributed by atoms with Crippen LogP contribution in [0.5, 0.6) is 0 Å². The summed E-state index contributed by atoms with van der Waals surface area (Å²) in [5.41, 5.74) is 22.0. The molecular formula is C69H43NO. The monoisotopic (exact) mass is 901 g/mol. The van der Waals surface area contributed by atoms with Crippen LogP contribution in [-0.4, -0.2) is 0 Å². The highest BCUT2D eigenvalue weighted by atomic mass is 16.3. The van der Waals surface area contributed by atoms with Crippen molar-refractivity contribution in [3.05, 3.63) is 283 Å². The van der Waals surface area contributed by atoms with Crippen LogP contribution in [0.2, 0.25) is 0 Å². The molecule has 13 aromatic rings. The lowest BCUT2D eigenvalue weighted by Crippen LogP contribution is -2.26. The number of para-hydroxylation sites is 1. The molecule has 1 heterocycles. The fourth-order valence-corrected chi connectivity index (χ4v) is 12.3. The second kappa shape index (κ2) is 15.4. The van der Waals surface area contributed by atoms with Crippen molar-refractivity contribution in [3.8, 4) is 55.6 Å². The zero-order chi connectivity index (χ0) is 46.6. The van der Waals surface area contributed by atoms with Crippen LogP contribution in [0, 0.1) is 0 Å². The van der Waals surface area contributed by atoms with E-state index in [0.717, 1.165) is 61.3 Å². The highest BCUT2D eigenvalue weighted by Crippen LogP contribution is 2.64. The summed E-state index contributed by atoms with van der Waals surface area (Å²) in [5, 5.41) is 7.19. The number of benzene rings is 12. The Morgan fingerprint density at radius 2 is 0.789 bits per heavy atom. The Kier molecular flexibility index (Phi) is 8.61. The lowest BCUT2D eigenvalue weighted by Gasteiger charge is -2.32. The van der Waals surface area contributed by atoms with Crippen LogP contribution in [0.1, 0.15) is 22.3 Å². The molecule has 15 rings (SSSR count). The van der Waals surface area contributed by atoms with Gasteiger partial charge in [-0.2, -0.15) is 0 Å². The van der Waals surface area contributed by atoms with Crippen molar-refractivity contribution in [2.24, 2.45) is 0 Å². The molecule has 0 amide bonds. The number of hydrogen-bond donors (Lipinski definition) is 0. The van der Waals surface area contributed by atoms with E-state index in [4.69, 9.17) is 4.42 Å². The maximum atomic E-state index is 6.58. The van der Waals surface area contributed by atoms with Gasteiger partial charge in [-0.25, -0.2) is 0 Å². The summed E-state index contributed by atoms with van der Waals surface area (Å²) in [6.07, 6.45) is 0. The van der Waals surface area contributed by atoms with Gasteiger partial charge in [0.2, 0.25) is 0 Å². The van der Waals surface area contributed by atoms with E-state index in [1.165, 1.54) is 77.2 Å². The van der Waals surface area contributed by atoms with E-state index in [9.17, 15) is 0 Å². The molecule has 1 aromatic heterocycles. The summed E-state index contributed by atoms with van der Waals surface area (Å²) in [7, 11) is 0. The van der Waals surface area contributed by atoms with Gasteiger partial charge in [-0.05, 0) is 148 Å². The number of furan rings is 1. The Balaban J connectivity index is 0.912. The Morgan fingerprint density at radius 3 is 1.58 bits per heavy atom. The van der Waals surface area contributed by atoms with Gasteiger partial charge in [-0.1, -0.05) is 206 Å². The Bertz CT molecular complexity index is 4270. The first kappa shape index (κ1) is 39.7. The van der Waals surface area contributed by atoms with Crippen LogP contribution in [0.4, 0.5) is 17.1 Å². The van der Waals surface area contributed by atoms with Gasteiger partial charge in [0.25, 0.3) is 0 Å². The third kappa shape index (κ3) is 5.89. The van der Waals surface area contributed by atoms with E-state index in [1.54, 1.807) is 0 Å². The van der Waals surface area contributed by atoms with Gasteiger partial charge in [0.15, 0.2) is 0 Å². The molecule has 0 bridgehead atoms. The first-order valence-corrected chi connectivity index (χ1v) is 24.6. The van der Waals surface area contributed by atoms with Gasteiger partial charge in [-0.15, -0.1) is 0 Å². The number of fused-ring (bicyclic) bond motifs is 16. The number of hydrogen-bond acceptors (Lipinski definition) is 2. The third-order valence-corrected chi connectivity index (χ3v) is 15.5. The second-order valence-electron chi connectivity index (χ2n) is 19.1. The number of anilines is 3. The predicted octanol–water partition coefficient (Wildman–Crippen LogP) is 18.7. The van der Waals surface area contributed by atoms with Gasteiger partial charge < -0.3 is 9.32 Å². The summed E-state index contributed by atoms with van der Waals surface area (Å²) >= 11 is 0. The summed E-state index contributed by atoms with van der Waals surface area (Å²) < 4.78 is 6.58. The summed E-state index contributed by atoms with van der Waals surface area (Å²) in [6.45, 7) is 0. The smallest absolute Gasteiger partial charge is 0.143 e. The molecule has 0 radical (unpaired) electrons. The Labute approximate surface area is 412 Å². The van der Waals surface area contributed by atoms with E-state index in [-0.39, 0.29) is 0 Å². The minimum Gasteiger partial charge on any atom is -0.455 e. The normalized spacial score (nSPS) is 14.3. The molecule has 330 valence electrons. The topological polar surface area (TPSA) is 16.4 Å². The van der Waals surface area contributed by atoms with Crippen LogP contribution < -0.4 is 4.90 Å². The third-order valence-electron chi connectivity index (χ3n) is 15.5. The van der Waals surface area contributed by atoms with Crippen LogP contribution >= 0.6 is 0 Å². The van der Waals surface area contributed by atoms with Crippen molar-refractivity contribution < 1.29 is 4.42 Å². The van der Waals surface area contributed by atoms with E-state index >= 15 is 0 Å². The average molecular weight is 902 g/mol. The molecule has 2 aliphatic rings. The van der Waals surface area contributed by atoms with Crippen LogP contribution in [-0.2, 0) is 5.41 Å². The molecule has 0 saturated heterocycles. The average Bonchev–Trinajstić information content (AvgIpc) is 4.08. The zero-order valence-corrected chi connectivity index (χ0v) is 38.7. The van der Waals surface area contributed by atoms with Crippen molar-refractivity contribution in [2.45, 2.75) is 5.41 Å². The fourth-order valence-electron chi connectivity index (χ4n) is 12.3. The minimum absolute atomic E-state index is 0.520. The molecule has 1 atom stereocenters. The molecular weight excluding hydrogens is 859 g/mol. The molecule has 1 spiro atoms. The highest BCUT2D eigenvalue weighted by molar-refractivity contribution is 6.11. The largest absolute Gasteiger partial charge is 0.455 e. The van der Waals surface area contributed by atoms with Gasteiger partial charge >= 0.3 is 0 Å². The summed E-state index contributed by atoms with van der Waals surface area (Å²) in [6, 6.07) is 96.2. The van der Waals surface area contributed by atoms with E-state index in [2.05, 4.69) is 266 Å². The molecule has 0 N–H and O–H groups in total. The zero-order valence-electron chi connectivity index (χ0n) is 38.7. The van der Waals surface area contributed by atoms with Gasteiger partial charge in [0.05, 0.1) is 5.41 Å². The van der Waals surface area contributed by atoms with Gasteiger partial charge in [-0.3, -0.25) is 0 Å². The van der Waals surface area contributed by atoms with Crippen molar-refractivity contribution in [1.29, 1.82) is 0 Å². The standard InChI is InChI=1S/C69H43NO/c1-3-14-44(15-4-1)49-30-36-59-57-20-9-11-24-63(57)69(65(59)42-49)64-25-12-10-21-58(64)60-38-35-53(43-66(60)69)70(52-34-37-55-50(40-52)27-26-47-18-7-8-19-54(47)55)51-32-28-45(29-33-51)48-31-39-67-62(41-48)61-23-13-22-56(68(61)71-67)46-16-5-2-6-17-46/h1-43H/t69-/m0/s1. The Hall–Kier alpha value is -9.24. The number of rotatable bonds is 6. The highest BCUT2D eigenvalue weighted by Gasteiger charge is 2.52. The van der Waals surface area contributed by atoms with Gasteiger partial charge in [0.1, 0.15) is 11.2 Å². The van der Waals surface area contributed by atoms with Gasteiger partial charge in [0, 0.05) is 33.4 Å². The molecule has 12 aromatic carbocycles. The molecule has 0 aliphatic heterocycles. The molecule has 0 unspecified atom stereocenters. The lowest BCUT2D eigenvalue weighted by atomic mass is 9.70. The van der Waals surface area contributed by atoms with Crippen LogP contribution in [0.15, 0.2) is 265 Å². The summed E-state index contributed by atoms with van der Waals surface area (Å²) in [4.78, 5) is 2.45. The first-order valence-electron chi connectivity index (χ1n) is 24.6. The SMILES string of the molecule is c1ccc(-c2ccc3c(c2)[C@]2(c4ccccc4-3)c3ccccc3-c3ccc(N(c4ccc(-c5ccc6oc7c(-c8ccccc8)cccc7c6c5)cc4)c4ccc5c(ccc6ccccc65)c4)cc32)cc1. The number of nitrogens with zero attached hydrogens (tertiary/aromatic N) is 1. The van der Waals surface area contributed by atoms with Crippen molar-refractivity contribution in [3.63, 3.8) is 0 Å². The molecule has 71 heavy (non-hydrogen) atoms. The Morgan fingerprint density at radius 1 is 0.268 bits per heavy atom. The predicted molar refractivity (Wildman–Crippen MR) is 296 cm³/mol. The minimum atomic E-state index is -0.520. The molecule has 0 saturated carbocycles. The molecule has 2 aliphatic carbocycles. The van der Waals surface area contributed by atoms with E-state index in [1.807, 2.05) is 0 Å². The quantitative estimate of drug-likeness (QED) is 0.155. The molecule has 0 fully saturated rings. The van der Waals surface area contributed by atoms with Crippen molar-refractivity contribution >= 4 is 60.5 Å². The van der Waals surface area contributed by atoms with Crippen molar-refractivity contribution in [1.82, 2.24) is 0 Å². The van der Waals surface area contributed by atoms with E-state index in [0.29, 0.717) is 0 Å². The summed E-state index contributed by atoms with van der Waals surface area (Å²) in [5.74, 6) is 0. The maximum absolute atomic E-state index is 6.58. The van der Waals surface area contributed by atoms with Crippen LogP contribution in [0.25, 0.3) is 99.1 Å². The van der Waals surface area contributed by atoms with E-state index < -0.39 is 5.41 Å². The molecule has 2 heteroatoms. The lowest BCUT2D eigenvalue weighted by molar-refractivity contribution is 0.670. The van der Waals surface area contributed by atoms with Crippen LogP contribution in [0.3, 0.4) is 0 Å². The maximum Gasteiger partial charge on any atom is 0.143 e. The fraction of sp³-hybridized carbons (Fsp3) is 0.0145. The molecule has 2 nitrogen and oxygen atoms in total. The second-order valence-corrected chi connectivity index (χ2v) is 19.1. The first-order chi connectivity index (χ1) is 35.2.